The van der Waals surface area contributed by atoms with Crippen molar-refractivity contribution in [3.63, 3.8) is 0 Å². The lowest BCUT2D eigenvalue weighted by molar-refractivity contribution is -0.120. The van der Waals surface area contributed by atoms with Gasteiger partial charge in [-0.25, -0.2) is 4.79 Å². The highest BCUT2D eigenvalue weighted by molar-refractivity contribution is 6.35. The molecule has 0 spiro atoms. The van der Waals surface area contributed by atoms with Crippen molar-refractivity contribution in [1.82, 2.24) is 9.80 Å². The first kappa shape index (κ1) is 16.6. The summed E-state index contributed by atoms with van der Waals surface area (Å²) in [6.45, 7) is 7.80. The minimum atomic E-state index is -0.424. The van der Waals surface area contributed by atoms with Crippen LogP contribution >= 0.6 is 0 Å². The highest BCUT2D eigenvalue weighted by atomic mass is 16.2. The van der Waals surface area contributed by atoms with Gasteiger partial charge in [0.15, 0.2) is 0 Å². The van der Waals surface area contributed by atoms with Crippen molar-refractivity contribution in [1.29, 1.82) is 0 Å². The number of anilines is 1. The molecule has 1 aromatic rings. The second-order valence-corrected chi connectivity index (χ2v) is 6.41. The van der Waals surface area contributed by atoms with E-state index in [2.05, 4.69) is 46.0 Å². The number of aryl methyl sites for hydroxylation is 1. The molecule has 0 aliphatic carbocycles. The monoisotopic (exact) mass is 328 g/mol. The SMILES string of the molecule is Cc1cccc(N2CCN(CCCCN3C(=O)C=NC3=O)CC2)c1. The predicted molar refractivity (Wildman–Crippen MR) is 94.7 cm³/mol. The number of hydrogen-bond acceptors (Lipinski definition) is 4. The average Bonchev–Trinajstić information content (AvgIpc) is 2.91. The zero-order chi connectivity index (χ0) is 16.9. The molecule has 0 bridgehead atoms. The molecule has 2 aliphatic rings. The summed E-state index contributed by atoms with van der Waals surface area (Å²) in [5.41, 5.74) is 2.60. The molecule has 0 unspecified atom stereocenters. The molecule has 24 heavy (non-hydrogen) atoms. The van der Waals surface area contributed by atoms with Crippen molar-refractivity contribution >= 4 is 23.8 Å². The Morgan fingerprint density at radius 1 is 1.04 bits per heavy atom. The largest absolute Gasteiger partial charge is 0.369 e. The van der Waals surface area contributed by atoms with Crippen LogP contribution in [0.3, 0.4) is 0 Å². The van der Waals surface area contributed by atoms with Crippen molar-refractivity contribution in [3.8, 4) is 0 Å². The number of imide groups is 1. The number of benzene rings is 1. The molecule has 0 N–H and O–H groups in total. The first-order valence-electron chi connectivity index (χ1n) is 8.57. The van der Waals surface area contributed by atoms with Gasteiger partial charge in [-0.15, -0.1) is 0 Å². The smallest absolute Gasteiger partial charge is 0.350 e. The van der Waals surface area contributed by atoms with Gasteiger partial charge in [0.05, 0.1) is 6.21 Å². The molecular weight excluding hydrogens is 304 g/mol. The molecule has 6 nitrogen and oxygen atoms in total. The summed E-state index contributed by atoms with van der Waals surface area (Å²) in [6.07, 6.45) is 2.92. The lowest BCUT2D eigenvalue weighted by atomic mass is 10.2. The summed E-state index contributed by atoms with van der Waals surface area (Å²) in [5.74, 6) is -0.285. The van der Waals surface area contributed by atoms with E-state index in [-0.39, 0.29) is 5.91 Å². The van der Waals surface area contributed by atoms with E-state index in [4.69, 9.17) is 0 Å². The number of unbranched alkanes of at least 4 members (excludes halogenated alkanes) is 1. The van der Waals surface area contributed by atoms with Gasteiger partial charge in [0.25, 0.3) is 5.91 Å². The maximum atomic E-state index is 11.4. The van der Waals surface area contributed by atoms with E-state index in [0.717, 1.165) is 51.8 Å². The van der Waals surface area contributed by atoms with Gasteiger partial charge < -0.3 is 4.90 Å². The molecule has 2 heterocycles. The number of nitrogens with zero attached hydrogens (tertiary/aromatic N) is 4. The first-order valence-corrected chi connectivity index (χ1v) is 8.57. The third kappa shape index (κ3) is 4.00. The van der Waals surface area contributed by atoms with Gasteiger partial charge in [-0.2, -0.15) is 4.99 Å². The van der Waals surface area contributed by atoms with Crippen LogP contribution in [0.5, 0.6) is 0 Å². The highest BCUT2D eigenvalue weighted by Gasteiger charge is 2.24. The Labute approximate surface area is 142 Å². The summed E-state index contributed by atoms with van der Waals surface area (Å²) in [7, 11) is 0. The molecule has 6 heteroatoms. The van der Waals surface area contributed by atoms with E-state index in [0.29, 0.717) is 6.54 Å². The number of carbonyl (C=O) groups excluding carboxylic acids is 2. The summed E-state index contributed by atoms with van der Waals surface area (Å²) in [6, 6.07) is 8.23. The second-order valence-electron chi connectivity index (χ2n) is 6.41. The van der Waals surface area contributed by atoms with E-state index in [9.17, 15) is 9.59 Å². The fraction of sp³-hybridized carbons (Fsp3) is 0.500. The Morgan fingerprint density at radius 3 is 2.46 bits per heavy atom. The Kier molecular flexibility index (Phi) is 5.25. The number of hydrogen-bond donors (Lipinski definition) is 0. The lowest BCUT2D eigenvalue weighted by Gasteiger charge is -2.36. The van der Waals surface area contributed by atoms with Crippen LogP contribution < -0.4 is 4.90 Å². The van der Waals surface area contributed by atoms with E-state index in [1.165, 1.54) is 16.2 Å². The zero-order valence-corrected chi connectivity index (χ0v) is 14.1. The summed E-state index contributed by atoms with van der Waals surface area (Å²) in [5, 5.41) is 0. The van der Waals surface area contributed by atoms with Crippen LogP contribution in [0.25, 0.3) is 0 Å². The van der Waals surface area contributed by atoms with Crippen molar-refractivity contribution in [2.75, 3.05) is 44.2 Å². The van der Waals surface area contributed by atoms with Gasteiger partial charge in [0.1, 0.15) is 0 Å². The van der Waals surface area contributed by atoms with Gasteiger partial charge in [-0.3, -0.25) is 14.6 Å². The topological polar surface area (TPSA) is 56.2 Å². The van der Waals surface area contributed by atoms with E-state index < -0.39 is 6.03 Å². The Balaban J connectivity index is 1.35. The Bertz CT molecular complexity index is 618. The summed E-state index contributed by atoms with van der Waals surface area (Å²) >= 11 is 0. The van der Waals surface area contributed by atoms with E-state index in [1.807, 2.05) is 0 Å². The van der Waals surface area contributed by atoms with Gasteiger partial charge in [0, 0.05) is 38.4 Å². The first-order chi connectivity index (χ1) is 11.6. The minimum Gasteiger partial charge on any atom is -0.369 e. The second kappa shape index (κ2) is 7.57. The van der Waals surface area contributed by atoms with Gasteiger partial charge in [-0.05, 0) is 44.0 Å². The molecule has 3 rings (SSSR count). The van der Waals surface area contributed by atoms with E-state index in [1.54, 1.807) is 0 Å². The standard InChI is InChI=1S/C18H24N4O2/c1-15-5-4-6-16(13-15)21-11-9-20(10-12-21)7-2-3-8-22-17(23)14-19-18(22)24/h4-6,13-14H,2-3,7-12H2,1H3. The number of amides is 3. The Hall–Kier alpha value is -2.21. The molecule has 0 aromatic heterocycles. The number of aliphatic imine (C=N–C) groups is 1. The maximum Gasteiger partial charge on any atom is 0.350 e. The van der Waals surface area contributed by atoms with Gasteiger partial charge in [-0.1, -0.05) is 12.1 Å². The molecule has 1 fully saturated rings. The van der Waals surface area contributed by atoms with Gasteiger partial charge >= 0.3 is 6.03 Å². The van der Waals surface area contributed by atoms with E-state index >= 15 is 0 Å². The fourth-order valence-corrected chi connectivity index (χ4v) is 3.21. The normalized spacial score (nSPS) is 18.7. The van der Waals surface area contributed by atoms with Crippen LogP contribution in [0, 0.1) is 6.92 Å². The minimum absolute atomic E-state index is 0.285. The lowest BCUT2D eigenvalue weighted by Crippen LogP contribution is -2.46. The molecule has 2 aliphatic heterocycles. The van der Waals surface area contributed by atoms with Crippen LogP contribution in [-0.2, 0) is 4.79 Å². The molecule has 0 saturated carbocycles. The number of rotatable bonds is 6. The van der Waals surface area contributed by atoms with Crippen LogP contribution in [0.2, 0.25) is 0 Å². The van der Waals surface area contributed by atoms with Crippen LogP contribution in [0.4, 0.5) is 10.5 Å². The molecule has 128 valence electrons. The van der Waals surface area contributed by atoms with Crippen molar-refractivity contribution < 1.29 is 9.59 Å². The highest BCUT2D eigenvalue weighted by Crippen LogP contribution is 2.18. The number of urea groups is 1. The molecule has 0 atom stereocenters. The van der Waals surface area contributed by atoms with Crippen molar-refractivity contribution in [3.05, 3.63) is 29.8 Å². The van der Waals surface area contributed by atoms with Crippen molar-refractivity contribution in [2.24, 2.45) is 4.99 Å². The third-order valence-corrected chi connectivity index (χ3v) is 4.63. The average molecular weight is 328 g/mol. The van der Waals surface area contributed by atoms with Crippen LogP contribution in [-0.4, -0.2) is 67.2 Å². The van der Waals surface area contributed by atoms with Crippen LogP contribution in [0.1, 0.15) is 18.4 Å². The Morgan fingerprint density at radius 2 is 1.79 bits per heavy atom. The van der Waals surface area contributed by atoms with Crippen molar-refractivity contribution in [2.45, 2.75) is 19.8 Å². The quantitative estimate of drug-likeness (QED) is 0.749. The van der Waals surface area contributed by atoms with Gasteiger partial charge in [0.2, 0.25) is 0 Å². The molecule has 3 amide bonds. The number of piperazine rings is 1. The summed E-state index contributed by atoms with van der Waals surface area (Å²) < 4.78 is 0. The fourth-order valence-electron chi connectivity index (χ4n) is 3.21. The predicted octanol–water partition coefficient (Wildman–Crippen LogP) is 1.93. The summed E-state index contributed by atoms with van der Waals surface area (Å²) in [4.78, 5) is 32.4. The number of carbonyl (C=O) groups is 2. The zero-order valence-electron chi connectivity index (χ0n) is 14.1. The molecule has 0 radical (unpaired) electrons. The molecule has 1 aromatic carbocycles. The molecule has 1 saturated heterocycles. The maximum absolute atomic E-state index is 11.4. The third-order valence-electron chi connectivity index (χ3n) is 4.63. The molecular formula is C18H24N4O2. The van der Waals surface area contributed by atoms with Crippen LogP contribution in [0.15, 0.2) is 29.3 Å².